The van der Waals surface area contributed by atoms with Gasteiger partial charge in [-0.2, -0.15) is 5.10 Å². The second-order valence-corrected chi connectivity index (χ2v) is 10.4. The first-order valence-electron chi connectivity index (χ1n) is 8.64. The number of halogens is 2. The molecule has 0 spiro atoms. The molecule has 1 fully saturated rings. The van der Waals surface area contributed by atoms with Crippen molar-refractivity contribution in [3.63, 3.8) is 0 Å². The van der Waals surface area contributed by atoms with Crippen LogP contribution in [-0.2, 0) is 9.53 Å². The predicted octanol–water partition coefficient (Wildman–Crippen LogP) is 2.62. The molecule has 3 atom stereocenters. The average molecular weight is 469 g/mol. The third kappa shape index (κ3) is 7.06. The van der Waals surface area contributed by atoms with E-state index in [-0.39, 0.29) is 16.7 Å². The highest BCUT2D eigenvalue weighted by molar-refractivity contribution is 8.37. The summed E-state index contributed by atoms with van der Waals surface area (Å²) in [6.45, 7) is 3.78. The van der Waals surface area contributed by atoms with Crippen molar-refractivity contribution in [3.05, 3.63) is 22.2 Å². The number of hydrazone groups is 1. The molecule has 0 aromatic rings. The van der Waals surface area contributed by atoms with E-state index in [0.717, 1.165) is 26.1 Å². The SMILES string of the molecule is O=C(CSC1NN=C(S)S1)NC[C@H]1CN(CC2C=C(Cl)C(Cl)=CC2)CCO1. The number of thioether (sulfide) groups is 2. The van der Waals surface area contributed by atoms with Crippen LogP contribution in [0.4, 0.5) is 0 Å². The van der Waals surface area contributed by atoms with Crippen LogP contribution in [-0.4, -0.2) is 64.5 Å². The lowest BCUT2D eigenvalue weighted by molar-refractivity contribution is -0.119. The van der Waals surface area contributed by atoms with Gasteiger partial charge in [-0.3, -0.25) is 15.1 Å². The minimum Gasteiger partial charge on any atom is -0.374 e. The number of morpholine rings is 1. The maximum absolute atomic E-state index is 12.1. The summed E-state index contributed by atoms with van der Waals surface area (Å²) in [6, 6.07) is 0. The van der Waals surface area contributed by atoms with E-state index >= 15 is 0 Å². The highest BCUT2D eigenvalue weighted by Crippen LogP contribution is 2.29. The van der Waals surface area contributed by atoms with Crippen molar-refractivity contribution in [2.24, 2.45) is 11.0 Å². The topological polar surface area (TPSA) is 66.0 Å². The number of hydrogen-bond donors (Lipinski definition) is 3. The molecule has 0 bridgehead atoms. The summed E-state index contributed by atoms with van der Waals surface area (Å²) >= 11 is 19.3. The van der Waals surface area contributed by atoms with Crippen molar-refractivity contribution in [1.29, 1.82) is 0 Å². The number of amides is 1. The van der Waals surface area contributed by atoms with Crippen LogP contribution in [0.5, 0.6) is 0 Å². The van der Waals surface area contributed by atoms with Crippen LogP contribution in [0.15, 0.2) is 27.3 Å². The van der Waals surface area contributed by atoms with Crippen LogP contribution in [0.3, 0.4) is 0 Å². The molecule has 1 aliphatic carbocycles. The number of nitrogens with zero attached hydrogens (tertiary/aromatic N) is 2. The van der Waals surface area contributed by atoms with Crippen molar-refractivity contribution in [2.75, 3.05) is 38.5 Å². The van der Waals surface area contributed by atoms with Crippen LogP contribution in [0, 0.1) is 5.92 Å². The zero-order chi connectivity index (χ0) is 19.2. The smallest absolute Gasteiger partial charge is 0.230 e. The van der Waals surface area contributed by atoms with Gasteiger partial charge in [0.15, 0.2) is 0 Å². The summed E-state index contributed by atoms with van der Waals surface area (Å²) in [7, 11) is 0. The van der Waals surface area contributed by atoms with E-state index < -0.39 is 0 Å². The van der Waals surface area contributed by atoms with Gasteiger partial charge in [-0.1, -0.05) is 47.1 Å². The van der Waals surface area contributed by atoms with E-state index in [1.165, 1.54) is 23.5 Å². The maximum Gasteiger partial charge on any atom is 0.230 e. The molecular formula is C16H22Cl2N4O2S3. The molecule has 0 saturated carbocycles. The van der Waals surface area contributed by atoms with Gasteiger partial charge in [0.2, 0.25) is 5.91 Å². The fourth-order valence-electron chi connectivity index (χ4n) is 2.99. The van der Waals surface area contributed by atoms with Gasteiger partial charge < -0.3 is 10.1 Å². The van der Waals surface area contributed by atoms with E-state index in [9.17, 15) is 4.79 Å². The largest absolute Gasteiger partial charge is 0.374 e. The van der Waals surface area contributed by atoms with Crippen LogP contribution in [0.2, 0.25) is 0 Å². The van der Waals surface area contributed by atoms with E-state index in [1.807, 2.05) is 12.2 Å². The highest BCUT2D eigenvalue weighted by atomic mass is 35.5. The van der Waals surface area contributed by atoms with E-state index in [0.29, 0.717) is 39.3 Å². The number of ether oxygens (including phenoxy) is 1. The third-order valence-corrected chi connectivity index (χ3v) is 7.65. The van der Waals surface area contributed by atoms with Gasteiger partial charge in [-0.05, 0) is 12.3 Å². The molecule has 150 valence electrons. The second-order valence-electron chi connectivity index (χ2n) is 6.40. The molecule has 0 radical (unpaired) electrons. The van der Waals surface area contributed by atoms with E-state index in [1.54, 1.807) is 0 Å². The minimum atomic E-state index is -0.00230. The molecule has 6 nitrogen and oxygen atoms in total. The quantitative estimate of drug-likeness (QED) is 0.499. The number of carbonyl (C=O) groups is 1. The molecule has 27 heavy (non-hydrogen) atoms. The van der Waals surface area contributed by atoms with Crippen molar-refractivity contribution in [1.82, 2.24) is 15.6 Å². The Morgan fingerprint density at radius 2 is 2.37 bits per heavy atom. The van der Waals surface area contributed by atoms with Crippen molar-refractivity contribution in [2.45, 2.75) is 17.2 Å². The van der Waals surface area contributed by atoms with Gasteiger partial charge in [-0.25, -0.2) is 0 Å². The van der Waals surface area contributed by atoms with Crippen LogP contribution in [0.1, 0.15) is 6.42 Å². The number of rotatable bonds is 7. The predicted molar refractivity (Wildman–Crippen MR) is 119 cm³/mol. The fraction of sp³-hybridized carbons (Fsp3) is 0.625. The second kappa shape index (κ2) is 10.7. The van der Waals surface area contributed by atoms with Crippen molar-refractivity contribution in [3.8, 4) is 0 Å². The molecule has 3 rings (SSSR count). The van der Waals surface area contributed by atoms with Crippen LogP contribution >= 0.6 is 59.4 Å². The molecule has 2 aliphatic heterocycles. The maximum atomic E-state index is 12.1. The molecular weight excluding hydrogens is 447 g/mol. The molecule has 2 heterocycles. The Morgan fingerprint density at radius 3 is 3.11 bits per heavy atom. The Labute approximate surface area is 183 Å². The fourth-order valence-corrected chi connectivity index (χ4v) is 5.67. The molecule has 11 heteroatoms. The van der Waals surface area contributed by atoms with Gasteiger partial charge in [-0.15, -0.1) is 24.4 Å². The van der Waals surface area contributed by atoms with E-state index in [4.69, 9.17) is 27.9 Å². The summed E-state index contributed by atoms with van der Waals surface area (Å²) in [5.74, 6) is 0.730. The summed E-state index contributed by atoms with van der Waals surface area (Å²) in [5.41, 5.74) is 2.92. The van der Waals surface area contributed by atoms with Gasteiger partial charge >= 0.3 is 0 Å². The van der Waals surface area contributed by atoms with Gasteiger partial charge in [0.05, 0.1) is 28.5 Å². The van der Waals surface area contributed by atoms with Gasteiger partial charge in [0.1, 0.15) is 9.08 Å². The number of carbonyl (C=O) groups excluding carboxylic acids is 1. The lowest BCUT2D eigenvalue weighted by Crippen LogP contribution is -2.48. The Hall–Kier alpha value is -0.0300. The normalized spacial score (nSPS) is 28.9. The summed E-state index contributed by atoms with van der Waals surface area (Å²) in [4.78, 5) is 14.4. The highest BCUT2D eigenvalue weighted by Gasteiger charge is 2.24. The molecule has 1 saturated heterocycles. The minimum absolute atomic E-state index is 0.00114. The monoisotopic (exact) mass is 468 g/mol. The number of nitrogens with one attached hydrogen (secondary N) is 2. The van der Waals surface area contributed by atoms with Crippen molar-refractivity contribution >= 4 is 69.6 Å². The summed E-state index contributed by atoms with van der Waals surface area (Å²) < 4.78 is 6.53. The van der Waals surface area contributed by atoms with Gasteiger partial charge in [0, 0.05) is 26.2 Å². The molecule has 0 aromatic carbocycles. The zero-order valence-electron chi connectivity index (χ0n) is 14.6. The Morgan fingerprint density at radius 1 is 1.52 bits per heavy atom. The Kier molecular flexibility index (Phi) is 8.56. The van der Waals surface area contributed by atoms with Crippen molar-refractivity contribution < 1.29 is 9.53 Å². The molecule has 2 unspecified atom stereocenters. The number of thiol groups is 1. The first kappa shape index (κ1) is 21.7. The standard InChI is InChI=1S/C16H22Cl2N4O2S3/c17-12-2-1-10(5-13(12)18)7-22-3-4-24-11(8-22)6-19-14(23)9-26-16-21-20-15(25)27-16/h2,5,10-11,16,21H,1,3-4,6-9H2,(H,19,23)(H,20,25)/t10?,11-,16?/m0/s1. The summed E-state index contributed by atoms with van der Waals surface area (Å²) in [5, 5.41) is 8.20. The molecule has 2 N–H and O–H groups in total. The third-order valence-electron chi connectivity index (χ3n) is 4.30. The average Bonchev–Trinajstić information content (AvgIpc) is 3.07. The number of allylic oxidation sites excluding steroid dienone is 3. The Balaban J connectivity index is 1.34. The van der Waals surface area contributed by atoms with Crippen LogP contribution < -0.4 is 10.7 Å². The first-order chi connectivity index (χ1) is 13.0. The Bertz CT molecular complexity index is 647. The lowest BCUT2D eigenvalue weighted by Gasteiger charge is -2.35. The molecule has 1 amide bonds. The first-order valence-corrected chi connectivity index (χ1v) is 11.8. The molecule has 0 aromatic heterocycles. The lowest BCUT2D eigenvalue weighted by atomic mass is 9.99. The zero-order valence-corrected chi connectivity index (χ0v) is 18.6. The van der Waals surface area contributed by atoms with E-state index in [2.05, 4.69) is 33.4 Å². The molecule has 3 aliphatic rings. The number of hydrogen-bond acceptors (Lipinski definition) is 7. The van der Waals surface area contributed by atoms with Crippen LogP contribution in [0.25, 0.3) is 0 Å². The summed E-state index contributed by atoms with van der Waals surface area (Å²) in [6.07, 6.45) is 4.91. The van der Waals surface area contributed by atoms with Gasteiger partial charge in [0.25, 0.3) is 0 Å².